The lowest BCUT2D eigenvalue weighted by atomic mass is 10.1. The highest BCUT2D eigenvalue weighted by atomic mass is 32.2. The van der Waals surface area contributed by atoms with Gasteiger partial charge in [0.15, 0.2) is 12.1 Å². The molecule has 0 N–H and O–H groups in total. The molecule has 0 amide bonds. The second-order valence-corrected chi connectivity index (χ2v) is 4.45. The van der Waals surface area contributed by atoms with Crippen LogP contribution < -0.4 is 0 Å². The molecule has 0 aromatic heterocycles. The standard InChI is InChI=1S/C11H10F2NOS/c12-8-1-2-9(10(13)5-8)11(15)6-14-3-4-16-7-14/h1-2,5,7H,3-4,6H2/q+1. The van der Waals surface area contributed by atoms with Crippen LogP contribution in [-0.4, -0.2) is 34.7 Å². The van der Waals surface area contributed by atoms with E-state index in [0.29, 0.717) is 0 Å². The molecule has 0 bridgehead atoms. The van der Waals surface area contributed by atoms with Crippen molar-refractivity contribution in [1.82, 2.24) is 0 Å². The molecule has 2 rings (SSSR count). The van der Waals surface area contributed by atoms with Gasteiger partial charge in [0.05, 0.1) is 11.3 Å². The summed E-state index contributed by atoms with van der Waals surface area (Å²) in [5, 5.41) is 0. The zero-order valence-corrected chi connectivity index (χ0v) is 9.27. The molecule has 1 aromatic carbocycles. The highest BCUT2D eigenvalue weighted by molar-refractivity contribution is 8.12. The summed E-state index contributed by atoms with van der Waals surface area (Å²) in [6.45, 7) is 0.939. The Balaban J connectivity index is 2.14. The second-order valence-electron chi connectivity index (χ2n) is 3.49. The Labute approximate surface area is 96.0 Å². The van der Waals surface area contributed by atoms with Crippen molar-refractivity contribution in [1.29, 1.82) is 0 Å². The smallest absolute Gasteiger partial charge is 0.229 e. The summed E-state index contributed by atoms with van der Waals surface area (Å²) in [6, 6.07) is 3.02. The molecule has 2 nitrogen and oxygen atoms in total. The number of ketones is 1. The number of halogens is 2. The van der Waals surface area contributed by atoms with Crippen LogP contribution in [0.1, 0.15) is 10.4 Å². The molecule has 0 saturated heterocycles. The lowest BCUT2D eigenvalue weighted by molar-refractivity contribution is -0.499. The molecule has 16 heavy (non-hydrogen) atoms. The van der Waals surface area contributed by atoms with Crippen LogP contribution in [0.5, 0.6) is 0 Å². The minimum Gasteiger partial charge on any atom is -0.287 e. The van der Waals surface area contributed by atoms with Crippen LogP contribution >= 0.6 is 11.8 Å². The maximum Gasteiger partial charge on any atom is 0.229 e. The average Bonchev–Trinajstić information content (AvgIpc) is 2.70. The molecule has 0 radical (unpaired) electrons. The van der Waals surface area contributed by atoms with E-state index < -0.39 is 11.6 Å². The molecular weight excluding hydrogens is 232 g/mol. The number of carbonyl (C=O) groups excluding carboxylic acids is 1. The minimum absolute atomic E-state index is 0.0494. The van der Waals surface area contributed by atoms with Crippen LogP contribution in [0.3, 0.4) is 0 Å². The van der Waals surface area contributed by atoms with Crippen molar-refractivity contribution < 1.29 is 18.2 Å². The maximum atomic E-state index is 13.3. The average molecular weight is 242 g/mol. The fraction of sp³-hybridized carbons (Fsp3) is 0.273. The monoisotopic (exact) mass is 242 g/mol. The minimum atomic E-state index is -0.795. The van der Waals surface area contributed by atoms with Crippen molar-refractivity contribution >= 4 is 23.1 Å². The van der Waals surface area contributed by atoms with Crippen LogP contribution in [0.25, 0.3) is 0 Å². The molecule has 0 fully saturated rings. The van der Waals surface area contributed by atoms with Gasteiger partial charge in [-0.3, -0.25) is 4.79 Å². The summed E-state index contributed by atoms with van der Waals surface area (Å²) in [5.41, 5.74) is 1.81. The molecule has 1 heterocycles. The van der Waals surface area contributed by atoms with Crippen LogP contribution in [0, 0.1) is 11.6 Å². The number of Topliss-reactive ketones (excluding diaryl/α,β-unsaturated/α-hetero) is 1. The molecule has 0 unspecified atom stereocenters. The van der Waals surface area contributed by atoms with E-state index >= 15 is 0 Å². The van der Waals surface area contributed by atoms with Crippen LogP contribution in [0.2, 0.25) is 0 Å². The molecule has 1 aliphatic rings. The van der Waals surface area contributed by atoms with Crippen molar-refractivity contribution in [2.45, 2.75) is 0 Å². The molecule has 0 spiro atoms. The first-order valence-electron chi connectivity index (χ1n) is 4.84. The van der Waals surface area contributed by atoms with E-state index in [1.165, 1.54) is 6.07 Å². The van der Waals surface area contributed by atoms with Gasteiger partial charge in [-0.25, -0.2) is 13.4 Å². The fourth-order valence-electron chi connectivity index (χ4n) is 1.48. The summed E-state index contributed by atoms with van der Waals surface area (Å²) in [4.78, 5) is 11.7. The topological polar surface area (TPSA) is 20.1 Å². The van der Waals surface area contributed by atoms with E-state index in [1.54, 1.807) is 11.8 Å². The van der Waals surface area contributed by atoms with Crippen molar-refractivity contribution in [3.63, 3.8) is 0 Å². The van der Waals surface area contributed by atoms with E-state index in [0.717, 1.165) is 24.4 Å². The van der Waals surface area contributed by atoms with Gasteiger partial charge in [0.2, 0.25) is 12.3 Å². The Morgan fingerprint density at radius 3 is 2.88 bits per heavy atom. The Morgan fingerprint density at radius 1 is 1.44 bits per heavy atom. The number of thioether (sulfide) groups is 1. The van der Waals surface area contributed by atoms with Gasteiger partial charge in [-0.05, 0) is 12.1 Å². The third kappa shape index (κ3) is 2.47. The molecule has 1 aliphatic heterocycles. The lowest BCUT2D eigenvalue weighted by Gasteiger charge is -2.00. The van der Waals surface area contributed by atoms with E-state index in [2.05, 4.69) is 0 Å². The SMILES string of the molecule is O=C(C[N+]1=CSCC1)c1ccc(F)cc1F. The van der Waals surface area contributed by atoms with Gasteiger partial charge in [-0.1, -0.05) is 11.8 Å². The van der Waals surface area contributed by atoms with Crippen LogP contribution in [0.15, 0.2) is 18.2 Å². The van der Waals surface area contributed by atoms with E-state index in [1.807, 2.05) is 10.1 Å². The Bertz CT molecular complexity index is 459. The number of nitrogens with zero attached hydrogens (tertiary/aromatic N) is 1. The van der Waals surface area contributed by atoms with Crippen molar-refractivity contribution in [2.75, 3.05) is 18.8 Å². The molecule has 0 atom stereocenters. The normalized spacial score (nSPS) is 15.0. The van der Waals surface area contributed by atoms with Crippen LogP contribution in [-0.2, 0) is 0 Å². The molecule has 0 saturated carbocycles. The third-order valence-corrected chi connectivity index (χ3v) is 3.16. The summed E-state index contributed by atoms with van der Waals surface area (Å²) in [5.74, 6) is -0.843. The van der Waals surface area contributed by atoms with Gasteiger partial charge in [0.1, 0.15) is 11.6 Å². The van der Waals surface area contributed by atoms with Crippen LogP contribution in [0.4, 0.5) is 8.78 Å². The number of carbonyl (C=O) groups is 1. The summed E-state index contributed by atoms with van der Waals surface area (Å²) < 4.78 is 27.8. The number of rotatable bonds is 3. The Morgan fingerprint density at radius 2 is 2.25 bits per heavy atom. The van der Waals surface area contributed by atoms with Gasteiger partial charge in [0.25, 0.3) is 0 Å². The predicted molar refractivity (Wildman–Crippen MR) is 59.2 cm³/mol. The summed E-state index contributed by atoms with van der Waals surface area (Å²) in [6.07, 6.45) is 0. The number of hydrogen-bond donors (Lipinski definition) is 0. The van der Waals surface area contributed by atoms with Gasteiger partial charge >= 0.3 is 0 Å². The number of benzene rings is 1. The van der Waals surface area contributed by atoms with Gasteiger partial charge < -0.3 is 0 Å². The number of hydrogen-bond acceptors (Lipinski definition) is 2. The summed E-state index contributed by atoms with van der Waals surface area (Å²) >= 11 is 1.62. The summed E-state index contributed by atoms with van der Waals surface area (Å²) in [7, 11) is 0. The second kappa shape index (κ2) is 4.74. The molecular formula is C11H10F2NOS+. The zero-order valence-electron chi connectivity index (χ0n) is 8.45. The molecule has 0 aliphatic carbocycles. The van der Waals surface area contributed by atoms with Gasteiger partial charge in [0, 0.05) is 6.07 Å². The first-order chi connectivity index (χ1) is 7.66. The van der Waals surface area contributed by atoms with Gasteiger partial charge in [-0.2, -0.15) is 0 Å². The Kier molecular flexibility index (Phi) is 3.33. The Hall–Kier alpha value is -1.23. The first-order valence-corrected chi connectivity index (χ1v) is 5.89. The maximum absolute atomic E-state index is 13.3. The quantitative estimate of drug-likeness (QED) is 0.596. The highest BCUT2D eigenvalue weighted by Crippen LogP contribution is 2.11. The van der Waals surface area contributed by atoms with Crippen molar-refractivity contribution in [3.8, 4) is 0 Å². The van der Waals surface area contributed by atoms with Crippen molar-refractivity contribution in [2.24, 2.45) is 0 Å². The zero-order chi connectivity index (χ0) is 11.5. The largest absolute Gasteiger partial charge is 0.287 e. The third-order valence-electron chi connectivity index (χ3n) is 2.30. The first kappa shape index (κ1) is 11.3. The molecule has 1 aromatic rings. The van der Waals surface area contributed by atoms with Crippen molar-refractivity contribution in [3.05, 3.63) is 35.4 Å². The molecule has 5 heteroatoms. The fourth-order valence-corrected chi connectivity index (χ4v) is 2.32. The van der Waals surface area contributed by atoms with E-state index in [4.69, 9.17) is 0 Å². The lowest BCUT2D eigenvalue weighted by Crippen LogP contribution is -2.21. The van der Waals surface area contributed by atoms with Gasteiger partial charge in [-0.15, -0.1) is 0 Å². The van der Waals surface area contributed by atoms with E-state index in [-0.39, 0.29) is 17.9 Å². The molecule has 84 valence electrons. The predicted octanol–water partition coefficient (Wildman–Crippen LogP) is 1.94. The van der Waals surface area contributed by atoms with E-state index in [9.17, 15) is 13.6 Å². The highest BCUT2D eigenvalue weighted by Gasteiger charge is 2.20.